The molecule has 0 spiro atoms. The van der Waals surface area contributed by atoms with Crippen molar-refractivity contribution >= 4 is 5.69 Å². The van der Waals surface area contributed by atoms with E-state index >= 15 is 0 Å². The van der Waals surface area contributed by atoms with Crippen LogP contribution in [0.25, 0.3) is 0 Å². The Kier molecular flexibility index (Phi) is 4.58. The summed E-state index contributed by atoms with van der Waals surface area (Å²) in [4.78, 5) is 6.43. The van der Waals surface area contributed by atoms with E-state index in [1.54, 1.807) is 12.5 Å². The summed E-state index contributed by atoms with van der Waals surface area (Å²) in [5, 5.41) is 3.43. The van der Waals surface area contributed by atoms with Crippen molar-refractivity contribution < 1.29 is 4.42 Å². The van der Waals surface area contributed by atoms with Crippen molar-refractivity contribution in [1.29, 1.82) is 0 Å². The predicted octanol–water partition coefficient (Wildman–Crippen LogP) is 2.81. The highest BCUT2D eigenvalue weighted by atomic mass is 16.3. The maximum atomic E-state index is 5.11. The second kappa shape index (κ2) is 6.38. The van der Waals surface area contributed by atoms with E-state index in [-0.39, 0.29) is 0 Å². The number of anilines is 1. The second-order valence-electron chi connectivity index (χ2n) is 5.03. The van der Waals surface area contributed by atoms with E-state index in [2.05, 4.69) is 42.2 Å². The summed E-state index contributed by atoms with van der Waals surface area (Å²) < 4.78 is 5.11. The molecule has 2 aromatic heterocycles. The zero-order valence-electron chi connectivity index (χ0n) is 11.8. The van der Waals surface area contributed by atoms with Gasteiger partial charge in [0.1, 0.15) is 0 Å². The van der Waals surface area contributed by atoms with Crippen molar-refractivity contribution in [3.8, 4) is 0 Å². The van der Waals surface area contributed by atoms with Gasteiger partial charge in [-0.05, 0) is 12.1 Å². The van der Waals surface area contributed by atoms with Crippen LogP contribution in [0.3, 0.4) is 0 Å². The summed E-state index contributed by atoms with van der Waals surface area (Å²) >= 11 is 0. The topological polar surface area (TPSA) is 41.3 Å². The zero-order chi connectivity index (χ0) is 13.7. The van der Waals surface area contributed by atoms with Crippen molar-refractivity contribution in [2.45, 2.75) is 33.0 Å². The maximum Gasteiger partial charge on any atom is 0.0952 e. The van der Waals surface area contributed by atoms with Gasteiger partial charge in [-0.1, -0.05) is 13.8 Å². The van der Waals surface area contributed by atoms with Crippen molar-refractivity contribution in [3.05, 3.63) is 48.2 Å². The standard InChI is InChI=1S/C15H21N3O/c1-12(2)17-9-14-8-16-6-4-15(14)18(3)10-13-5-7-19-11-13/h4-8,11-12,17H,9-10H2,1-3H3. The first-order chi connectivity index (χ1) is 9.16. The maximum absolute atomic E-state index is 5.11. The van der Waals surface area contributed by atoms with E-state index in [0.29, 0.717) is 6.04 Å². The van der Waals surface area contributed by atoms with Crippen LogP contribution in [-0.4, -0.2) is 18.1 Å². The average Bonchev–Trinajstić information content (AvgIpc) is 2.89. The first-order valence-corrected chi connectivity index (χ1v) is 6.55. The molecule has 19 heavy (non-hydrogen) atoms. The fourth-order valence-corrected chi connectivity index (χ4v) is 1.98. The molecule has 0 aromatic carbocycles. The average molecular weight is 259 g/mol. The van der Waals surface area contributed by atoms with Crippen LogP contribution in [0.1, 0.15) is 25.0 Å². The van der Waals surface area contributed by atoms with Gasteiger partial charge in [-0.25, -0.2) is 0 Å². The van der Waals surface area contributed by atoms with E-state index < -0.39 is 0 Å². The molecule has 4 nitrogen and oxygen atoms in total. The Morgan fingerprint density at radius 3 is 2.89 bits per heavy atom. The molecular formula is C15H21N3O. The van der Waals surface area contributed by atoms with Gasteiger partial charge in [0.05, 0.1) is 12.5 Å². The van der Waals surface area contributed by atoms with Crippen LogP contribution < -0.4 is 10.2 Å². The Hall–Kier alpha value is -1.81. The number of hydrogen-bond donors (Lipinski definition) is 1. The number of nitrogens with zero attached hydrogens (tertiary/aromatic N) is 2. The summed E-state index contributed by atoms with van der Waals surface area (Å²) in [5.41, 5.74) is 3.58. The Morgan fingerprint density at radius 1 is 1.37 bits per heavy atom. The molecule has 2 heterocycles. The number of pyridine rings is 1. The summed E-state index contributed by atoms with van der Waals surface area (Å²) in [5.74, 6) is 0. The smallest absolute Gasteiger partial charge is 0.0952 e. The highest BCUT2D eigenvalue weighted by Gasteiger charge is 2.09. The van der Waals surface area contributed by atoms with Crippen molar-refractivity contribution in [3.63, 3.8) is 0 Å². The van der Waals surface area contributed by atoms with Gasteiger partial charge in [0, 0.05) is 55.4 Å². The van der Waals surface area contributed by atoms with Gasteiger partial charge < -0.3 is 14.6 Å². The molecular weight excluding hydrogens is 238 g/mol. The van der Waals surface area contributed by atoms with Crippen LogP contribution in [0.4, 0.5) is 5.69 Å². The quantitative estimate of drug-likeness (QED) is 0.866. The minimum Gasteiger partial charge on any atom is -0.472 e. The van der Waals surface area contributed by atoms with E-state index in [1.165, 1.54) is 16.8 Å². The minimum atomic E-state index is 0.465. The first kappa shape index (κ1) is 13.6. The molecule has 0 radical (unpaired) electrons. The molecule has 102 valence electrons. The predicted molar refractivity (Wildman–Crippen MR) is 77.0 cm³/mol. The van der Waals surface area contributed by atoms with Crippen LogP contribution in [0, 0.1) is 0 Å². The lowest BCUT2D eigenvalue weighted by Gasteiger charge is -2.22. The normalized spacial score (nSPS) is 10.9. The molecule has 0 saturated heterocycles. The molecule has 1 N–H and O–H groups in total. The SMILES string of the molecule is CC(C)NCc1cnccc1N(C)Cc1ccoc1. The highest BCUT2D eigenvalue weighted by molar-refractivity contribution is 5.51. The molecule has 2 rings (SSSR count). The fraction of sp³-hybridized carbons (Fsp3) is 0.400. The van der Waals surface area contributed by atoms with Crippen LogP contribution >= 0.6 is 0 Å². The molecule has 4 heteroatoms. The molecule has 0 unspecified atom stereocenters. The minimum absolute atomic E-state index is 0.465. The van der Waals surface area contributed by atoms with Gasteiger partial charge in [0.15, 0.2) is 0 Å². The molecule has 2 aromatic rings. The third kappa shape index (κ3) is 3.83. The Bertz CT molecular complexity index is 494. The lowest BCUT2D eigenvalue weighted by Crippen LogP contribution is -2.24. The number of hydrogen-bond acceptors (Lipinski definition) is 4. The van der Waals surface area contributed by atoms with E-state index in [1.807, 2.05) is 18.5 Å². The number of rotatable bonds is 6. The largest absolute Gasteiger partial charge is 0.472 e. The van der Waals surface area contributed by atoms with Crippen molar-refractivity contribution in [2.75, 3.05) is 11.9 Å². The molecule has 0 aliphatic rings. The number of furan rings is 1. The van der Waals surface area contributed by atoms with E-state index in [0.717, 1.165) is 13.1 Å². The van der Waals surface area contributed by atoms with Crippen LogP contribution in [0.2, 0.25) is 0 Å². The summed E-state index contributed by atoms with van der Waals surface area (Å²) in [6.45, 7) is 5.95. The van der Waals surface area contributed by atoms with E-state index in [9.17, 15) is 0 Å². The molecule has 0 atom stereocenters. The molecule has 0 amide bonds. The molecule has 0 fully saturated rings. The van der Waals surface area contributed by atoms with Crippen LogP contribution in [0.5, 0.6) is 0 Å². The Balaban J connectivity index is 2.09. The zero-order valence-corrected chi connectivity index (χ0v) is 11.8. The third-order valence-electron chi connectivity index (χ3n) is 2.99. The first-order valence-electron chi connectivity index (χ1n) is 6.55. The van der Waals surface area contributed by atoms with E-state index in [4.69, 9.17) is 4.42 Å². The van der Waals surface area contributed by atoms with Gasteiger partial charge in [0.25, 0.3) is 0 Å². The summed E-state index contributed by atoms with van der Waals surface area (Å²) in [6.07, 6.45) is 7.25. The van der Waals surface area contributed by atoms with Crippen LogP contribution in [-0.2, 0) is 13.1 Å². The molecule has 0 saturated carbocycles. The second-order valence-corrected chi connectivity index (χ2v) is 5.03. The van der Waals surface area contributed by atoms with Crippen molar-refractivity contribution in [2.24, 2.45) is 0 Å². The summed E-state index contributed by atoms with van der Waals surface area (Å²) in [7, 11) is 2.08. The fourth-order valence-electron chi connectivity index (χ4n) is 1.98. The van der Waals surface area contributed by atoms with Crippen molar-refractivity contribution in [1.82, 2.24) is 10.3 Å². The molecule has 0 bridgehead atoms. The lowest BCUT2D eigenvalue weighted by atomic mass is 10.2. The van der Waals surface area contributed by atoms with Gasteiger partial charge in [-0.2, -0.15) is 0 Å². The number of nitrogens with one attached hydrogen (secondary N) is 1. The Labute approximate surface area is 114 Å². The van der Waals surface area contributed by atoms with Gasteiger partial charge in [0.2, 0.25) is 0 Å². The highest BCUT2D eigenvalue weighted by Crippen LogP contribution is 2.20. The van der Waals surface area contributed by atoms with Crippen LogP contribution in [0.15, 0.2) is 41.5 Å². The number of aromatic nitrogens is 1. The van der Waals surface area contributed by atoms with Gasteiger partial charge >= 0.3 is 0 Å². The van der Waals surface area contributed by atoms with Gasteiger partial charge in [-0.15, -0.1) is 0 Å². The summed E-state index contributed by atoms with van der Waals surface area (Å²) in [6, 6.07) is 4.51. The monoisotopic (exact) mass is 259 g/mol. The van der Waals surface area contributed by atoms with Gasteiger partial charge in [-0.3, -0.25) is 4.98 Å². The Morgan fingerprint density at radius 2 is 2.21 bits per heavy atom. The lowest BCUT2D eigenvalue weighted by molar-refractivity contribution is 0.563. The third-order valence-corrected chi connectivity index (χ3v) is 2.99. The molecule has 0 aliphatic carbocycles. The molecule has 0 aliphatic heterocycles.